The highest BCUT2D eigenvalue weighted by Gasteiger charge is 2.42. The number of hydrogen-bond acceptors (Lipinski definition) is 4. The Balaban J connectivity index is 0.000000532. The van der Waals surface area contributed by atoms with Crippen LogP contribution in [0.1, 0.15) is 44.2 Å². The Morgan fingerprint density at radius 1 is 1.03 bits per heavy atom. The quantitative estimate of drug-likeness (QED) is 0.439. The molecule has 1 N–H and O–H groups in total. The number of aliphatic carboxylic acids is 1. The van der Waals surface area contributed by atoms with E-state index in [1.54, 1.807) is 0 Å². The van der Waals surface area contributed by atoms with Crippen molar-refractivity contribution in [2.24, 2.45) is 11.3 Å². The zero-order chi connectivity index (χ0) is 28.6. The first kappa shape index (κ1) is 30.8. The molecule has 2 saturated heterocycles. The third-order valence-electron chi connectivity index (χ3n) is 7.16. The Kier molecular flexibility index (Phi) is 10.7. The lowest BCUT2D eigenvalue weighted by molar-refractivity contribution is -0.192. The molecule has 2 fully saturated rings. The summed E-state index contributed by atoms with van der Waals surface area (Å²) in [4.78, 5) is 26.4. The van der Waals surface area contributed by atoms with Gasteiger partial charge in [-0.05, 0) is 67.4 Å². The SMILES string of the molecule is CC(C)COc1ccccc1CN1CCC2(CC1)CCN(C(=O)Cc1ccc(Cl)cc1)C2.O=C(O)C(F)(F)F. The fraction of sp³-hybridized carbons (Fsp3) is 0.517. The fourth-order valence-electron chi connectivity index (χ4n) is 4.90. The van der Waals surface area contributed by atoms with Gasteiger partial charge in [-0.3, -0.25) is 9.69 Å². The molecule has 0 unspecified atom stereocenters. The molecule has 6 nitrogen and oxygen atoms in total. The maximum absolute atomic E-state index is 12.8. The fourth-order valence-corrected chi connectivity index (χ4v) is 5.03. The van der Waals surface area contributed by atoms with E-state index in [-0.39, 0.29) is 5.91 Å². The largest absolute Gasteiger partial charge is 0.493 e. The van der Waals surface area contributed by atoms with Gasteiger partial charge in [0.25, 0.3) is 0 Å². The van der Waals surface area contributed by atoms with E-state index < -0.39 is 12.1 Å². The Morgan fingerprint density at radius 2 is 1.62 bits per heavy atom. The number of ether oxygens (including phenoxy) is 1. The Labute approximate surface area is 232 Å². The number of carbonyl (C=O) groups is 2. The van der Waals surface area contributed by atoms with Crippen LogP contribution >= 0.6 is 11.6 Å². The highest BCUT2D eigenvalue weighted by molar-refractivity contribution is 6.30. The normalized spacial score (nSPS) is 17.2. The van der Waals surface area contributed by atoms with Crippen LogP contribution in [0.15, 0.2) is 48.5 Å². The molecule has 0 atom stereocenters. The lowest BCUT2D eigenvalue weighted by atomic mass is 9.77. The molecule has 2 aromatic rings. The van der Waals surface area contributed by atoms with E-state index in [4.69, 9.17) is 26.2 Å². The molecule has 2 heterocycles. The number of halogens is 4. The molecule has 2 aromatic carbocycles. The number of benzene rings is 2. The Morgan fingerprint density at radius 3 is 2.21 bits per heavy atom. The number of likely N-dealkylation sites (tertiary alicyclic amines) is 2. The van der Waals surface area contributed by atoms with E-state index in [9.17, 15) is 18.0 Å². The number of hydrogen-bond donors (Lipinski definition) is 1. The molecule has 0 bridgehead atoms. The van der Waals surface area contributed by atoms with Gasteiger partial charge in [0.15, 0.2) is 0 Å². The van der Waals surface area contributed by atoms with Crippen LogP contribution in [0, 0.1) is 11.3 Å². The third-order valence-corrected chi connectivity index (χ3v) is 7.41. The molecule has 0 aliphatic carbocycles. The molecule has 0 aromatic heterocycles. The maximum Gasteiger partial charge on any atom is 0.490 e. The van der Waals surface area contributed by atoms with Crippen molar-refractivity contribution >= 4 is 23.5 Å². The van der Waals surface area contributed by atoms with Crippen LogP contribution in [0.3, 0.4) is 0 Å². The third kappa shape index (κ3) is 9.42. The van der Waals surface area contributed by atoms with Crippen molar-refractivity contribution in [1.82, 2.24) is 9.80 Å². The molecule has 39 heavy (non-hydrogen) atoms. The predicted molar refractivity (Wildman–Crippen MR) is 144 cm³/mol. The van der Waals surface area contributed by atoms with Gasteiger partial charge in [0.05, 0.1) is 13.0 Å². The van der Waals surface area contributed by atoms with Gasteiger partial charge in [-0.1, -0.05) is 55.8 Å². The number of amides is 1. The van der Waals surface area contributed by atoms with Crippen LogP contribution in [0.4, 0.5) is 13.2 Å². The molecular formula is C29H36ClF3N2O4. The van der Waals surface area contributed by atoms with Crippen LogP contribution in [-0.4, -0.2) is 65.7 Å². The maximum atomic E-state index is 12.8. The molecule has 1 amide bonds. The van der Waals surface area contributed by atoms with Crippen LogP contribution in [-0.2, 0) is 22.6 Å². The first-order valence-corrected chi connectivity index (χ1v) is 13.5. The van der Waals surface area contributed by atoms with Crippen LogP contribution < -0.4 is 4.74 Å². The number of carboxylic acids is 1. The van der Waals surface area contributed by atoms with Gasteiger partial charge in [-0.25, -0.2) is 4.79 Å². The molecule has 0 radical (unpaired) electrons. The zero-order valence-corrected chi connectivity index (χ0v) is 23.1. The molecule has 4 rings (SSSR count). The predicted octanol–water partition coefficient (Wildman–Crippen LogP) is 6.07. The summed E-state index contributed by atoms with van der Waals surface area (Å²) >= 11 is 5.97. The van der Waals surface area contributed by atoms with Crippen LogP contribution in [0.2, 0.25) is 5.02 Å². The van der Waals surface area contributed by atoms with E-state index in [1.807, 2.05) is 24.3 Å². The van der Waals surface area contributed by atoms with Crippen molar-refractivity contribution < 1.29 is 32.6 Å². The first-order chi connectivity index (χ1) is 18.4. The van der Waals surface area contributed by atoms with Crippen molar-refractivity contribution in [2.45, 2.75) is 52.3 Å². The van der Waals surface area contributed by atoms with Gasteiger partial charge in [-0.15, -0.1) is 0 Å². The van der Waals surface area contributed by atoms with Crippen molar-refractivity contribution in [3.8, 4) is 5.75 Å². The highest BCUT2D eigenvalue weighted by atomic mass is 35.5. The number of alkyl halides is 3. The van der Waals surface area contributed by atoms with Crippen LogP contribution in [0.25, 0.3) is 0 Å². The second-order valence-corrected chi connectivity index (χ2v) is 11.2. The van der Waals surface area contributed by atoms with E-state index >= 15 is 0 Å². The van der Waals surface area contributed by atoms with Crippen molar-refractivity contribution in [2.75, 3.05) is 32.8 Å². The van der Waals surface area contributed by atoms with Crippen LogP contribution in [0.5, 0.6) is 5.75 Å². The molecule has 2 aliphatic rings. The van der Waals surface area contributed by atoms with Gasteiger partial charge in [-0.2, -0.15) is 13.2 Å². The summed E-state index contributed by atoms with van der Waals surface area (Å²) in [6.45, 7) is 9.99. The van der Waals surface area contributed by atoms with Crippen molar-refractivity contribution in [3.05, 3.63) is 64.7 Å². The van der Waals surface area contributed by atoms with Gasteiger partial charge in [0.2, 0.25) is 5.91 Å². The van der Waals surface area contributed by atoms with E-state index in [2.05, 4.69) is 47.9 Å². The standard InChI is InChI=1S/C27H35ClN2O2.C2HF3O2/c1-21(2)19-32-25-6-4-3-5-23(25)18-29-14-11-27(12-15-29)13-16-30(20-27)26(31)17-22-7-9-24(28)10-8-22;3-2(4,5)1(6)7/h3-10,21H,11-20H2,1-2H3;(H,6,7). The summed E-state index contributed by atoms with van der Waals surface area (Å²) in [7, 11) is 0. The summed E-state index contributed by atoms with van der Waals surface area (Å²) in [5.74, 6) is -0.984. The smallest absolute Gasteiger partial charge is 0.490 e. The topological polar surface area (TPSA) is 70.1 Å². The number of carbonyl (C=O) groups excluding carboxylic acids is 1. The van der Waals surface area contributed by atoms with E-state index in [1.165, 1.54) is 5.56 Å². The minimum absolute atomic E-state index is 0.239. The number of nitrogens with zero attached hydrogens (tertiary/aromatic N) is 2. The van der Waals surface area contributed by atoms with Gasteiger partial charge >= 0.3 is 12.1 Å². The number of rotatable bonds is 7. The Hall–Kier alpha value is -2.78. The monoisotopic (exact) mass is 568 g/mol. The summed E-state index contributed by atoms with van der Waals surface area (Å²) in [5, 5.41) is 7.84. The number of piperidine rings is 1. The van der Waals surface area contributed by atoms with Gasteiger partial charge in [0.1, 0.15) is 5.75 Å². The summed E-state index contributed by atoms with van der Waals surface area (Å²) in [6, 6.07) is 16.1. The lowest BCUT2D eigenvalue weighted by Crippen LogP contribution is -2.42. The van der Waals surface area contributed by atoms with E-state index in [0.717, 1.165) is 69.9 Å². The first-order valence-electron chi connectivity index (χ1n) is 13.1. The number of carboxylic acid groups (broad SMARTS) is 1. The summed E-state index contributed by atoms with van der Waals surface area (Å²) in [6.07, 6.45) is -1.17. The van der Waals surface area contributed by atoms with Crippen molar-refractivity contribution in [1.29, 1.82) is 0 Å². The number of para-hydroxylation sites is 1. The summed E-state index contributed by atoms with van der Waals surface area (Å²) < 4.78 is 37.8. The van der Waals surface area contributed by atoms with Crippen molar-refractivity contribution in [3.63, 3.8) is 0 Å². The lowest BCUT2D eigenvalue weighted by Gasteiger charge is -2.39. The molecule has 214 valence electrons. The highest BCUT2D eigenvalue weighted by Crippen LogP contribution is 2.41. The molecule has 10 heteroatoms. The molecule has 1 spiro atoms. The molecule has 2 aliphatic heterocycles. The molecular weight excluding hydrogens is 533 g/mol. The van der Waals surface area contributed by atoms with E-state index in [0.29, 0.717) is 22.8 Å². The second kappa shape index (κ2) is 13.5. The minimum Gasteiger partial charge on any atom is -0.493 e. The summed E-state index contributed by atoms with van der Waals surface area (Å²) in [5.41, 5.74) is 2.60. The average Bonchev–Trinajstić information content (AvgIpc) is 3.30. The van der Waals surface area contributed by atoms with Gasteiger partial charge < -0.3 is 14.7 Å². The average molecular weight is 569 g/mol. The molecule has 0 saturated carbocycles. The zero-order valence-electron chi connectivity index (χ0n) is 22.3. The minimum atomic E-state index is -5.08. The second-order valence-electron chi connectivity index (χ2n) is 10.8. The van der Waals surface area contributed by atoms with Gasteiger partial charge in [0, 0.05) is 30.2 Å². The Bertz CT molecular complexity index is 1100.